The molecule has 1 aromatic heterocycles. The number of aromatic amines is 1. The molecule has 33 heavy (non-hydrogen) atoms. The van der Waals surface area contributed by atoms with Gasteiger partial charge in [-0.3, -0.25) is 4.79 Å². The summed E-state index contributed by atoms with van der Waals surface area (Å²) in [4.78, 5) is 30.3. The first-order valence-electron chi connectivity index (χ1n) is 10.7. The molecule has 0 spiro atoms. The van der Waals surface area contributed by atoms with Crippen molar-refractivity contribution in [2.24, 2.45) is 0 Å². The fourth-order valence-electron chi connectivity index (χ4n) is 3.89. The Morgan fingerprint density at radius 3 is 2.58 bits per heavy atom. The monoisotopic (exact) mass is 455 g/mol. The Hall–Kier alpha value is -3.59. The number of nitrogens with zero attached hydrogens (tertiary/aromatic N) is 1. The molecule has 1 aliphatic heterocycles. The molecule has 174 valence electrons. The van der Waals surface area contributed by atoms with Crippen molar-refractivity contribution in [3.05, 3.63) is 64.2 Å². The third kappa shape index (κ3) is 5.25. The van der Waals surface area contributed by atoms with E-state index in [1.165, 1.54) is 36.3 Å². The van der Waals surface area contributed by atoms with Crippen LogP contribution in [0.1, 0.15) is 18.4 Å². The van der Waals surface area contributed by atoms with Gasteiger partial charge in [0.2, 0.25) is 0 Å². The summed E-state index contributed by atoms with van der Waals surface area (Å²) < 4.78 is 29.6. The summed E-state index contributed by atoms with van der Waals surface area (Å²) in [5, 5.41) is 3.52. The molecule has 1 fully saturated rings. The van der Waals surface area contributed by atoms with E-state index in [0.29, 0.717) is 41.4 Å². The second-order valence-electron chi connectivity index (χ2n) is 7.87. The number of amides is 2. The van der Waals surface area contributed by atoms with Crippen molar-refractivity contribution in [3.63, 3.8) is 0 Å². The Bertz CT molecular complexity index is 1190. The topological polar surface area (TPSA) is 92.9 Å². The van der Waals surface area contributed by atoms with E-state index in [4.69, 9.17) is 14.2 Å². The molecule has 1 atom stereocenters. The first kappa shape index (κ1) is 22.6. The quantitative estimate of drug-likeness (QED) is 0.564. The number of halogens is 1. The van der Waals surface area contributed by atoms with Crippen LogP contribution in [-0.4, -0.2) is 49.4 Å². The third-order valence-corrected chi connectivity index (χ3v) is 5.62. The maximum absolute atomic E-state index is 13.2. The van der Waals surface area contributed by atoms with Gasteiger partial charge in [-0.1, -0.05) is 0 Å². The molecule has 0 saturated carbocycles. The minimum Gasteiger partial charge on any atom is -0.493 e. The minimum atomic E-state index is -0.399. The lowest BCUT2D eigenvalue weighted by molar-refractivity contribution is 0.0818. The zero-order chi connectivity index (χ0) is 23.4. The normalized spacial score (nSPS) is 15.4. The molecular formula is C24H26FN3O5. The molecule has 4 rings (SSSR count). The predicted octanol–water partition coefficient (Wildman–Crippen LogP) is 3.90. The van der Waals surface area contributed by atoms with Gasteiger partial charge in [0.15, 0.2) is 11.5 Å². The van der Waals surface area contributed by atoms with E-state index in [-0.39, 0.29) is 24.0 Å². The van der Waals surface area contributed by atoms with Gasteiger partial charge in [0.05, 0.1) is 32.4 Å². The van der Waals surface area contributed by atoms with E-state index in [1.807, 2.05) is 0 Å². The fraction of sp³-hybridized carbons (Fsp3) is 0.333. The van der Waals surface area contributed by atoms with Crippen LogP contribution in [0.4, 0.5) is 14.9 Å². The number of ether oxygens (including phenoxy) is 3. The molecule has 2 aromatic carbocycles. The summed E-state index contributed by atoms with van der Waals surface area (Å²) in [6, 6.07) is 10.3. The van der Waals surface area contributed by atoms with Gasteiger partial charge in [-0.25, -0.2) is 9.18 Å². The van der Waals surface area contributed by atoms with Crippen molar-refractivity contribution in [2.45, 2.75) is 25.5 Å². The van der Waals surface area contributed by atoms with Crippen LogP contribution >= 0.6 is 0 Å². The van der Waals surface area contributed by atoms with E-state index < -0.39 is 6.03 Å². The molecular weight excluding hydrogens is 429 g/mol. The molecule has 0 aliphatic carbocycles. The number of fused-ring (bicyclic) bond motifs is 1. The number of aromatic nitrogens is 1. The smallest absolute Gasteiger partial charge is 0.322 e. The lowest BCUT2D eigenvalue weighted by Crippen LogP contribution is -2.40. The highest BCUT2D eigenvalue weighted by molar-refractivity contribution is 5.89. The van der Waals surface area contributed by atoms with Gasteiger partial charge in [-0.2, -0.15) is 0 Å². The maximum atomic E-state index is 13.2. The Labute approximate surface area is 190 Å². The minimum absolute atomic E-state index is 0.0759. The van der Waals surface area contributed by atoms with Crippen LogP contribution < -0.4 is 20.3 Å². The molecule has 9 heteroatoms. The van der Waals surface area contributed by atoms with Crippen molar-refractivity contribution in [1.29, 1.82) is 0 Å². The summed E-state index contributed by atoms with van der Waals surface area (Å²) in [7, 11) is 3.07. The van der Waals surface area contributed by atoms with E-state index in [9.17, 15) is 14.0 Å². The number of pyridine rings is 1. The van der Waals surface area contributed by atoms with Crippen LogP contribution in [-0.2, 0) is 11.3 Å². The summed E-state index contributed by atoms with van der Waals surface area (Å²) in [5.74, 6) is 0.652. The first-order valence-corrected chi connectivity index (χ1v) is 10.7. The van der Waals surface area contributed by atoms with Gasteiger partial charge in [-0.05, 0) is 49.2 Å². The second-order valence-corrected chi connectivity index (χ2v) is 7.87. The zero-order valence-corrected chi connectivity index (χ0v) is 18.5. The predicted molar refractivity (Wildman–Crippen MR) is 122 cm³/mol. The summed E-state index contributed by atoms with van der Waals surface area (Å²) in [6.45, 7) is 1.05. The average Bonchev–Trinajstić information content (AvgIpc) is 3.33. The number of hydrogen-bond donors (Lipinski definition) is 2. The molecule has 2 N–H and O–H groups in total. The molecule has 3 aromatic rings. The third-order valence-electron chi connectivity index (χ3n) is 5.62. The molecule has 0 bridgehead atoms. The van der Waals surface area contributed by atoms with Gasteiger partial charge in [0.25, 0.3) is 5.56 Å². The molecule has 8 nitrogen and oxygen atoms in total. The van der Waals surface area contributed by atoms with Crippen molar-refractivity contribution >= 4 is 22.6 Å². The zero-order valence-electron chi connectivity index (χ0n) is 18.5. The average molecular weight is 455 g/mol. The number of carbonyl (C=O) groups excluding carboxylic acids is 1. The van der Waals surface area contributed by atoms with Crippen LogP contribution in [0, 0.1) is 5.82 Å². The van der Waals surface area contributed by atoms with E-state index >= 15 is 0 Å². The number of H-pyrrole nitrogens is 1. The number of methoxy groups -OCH3 is 2. The molecule has 1 unspecified atom stereocenters. The standard InChI is InChI=1S/C24H26FN3O5/c1-31-21-11-15-10-16(23(29)27-20(15)12-22(21)32-2)13-28(14-19-4-3-9-33-19)24(30)26-18-7-5-17(25)6-8-18/h5-8,10-12,19H,3-4,9,13-14H2,1-2H3,(H,26,30)(H,27,29). The van der Waals surface area contributed by atoms with Crippen LogP contribution in [0.25, 0.3) is 10.9 Å². The summed E-state index contributed by atoms with van der Waals surface area (Å²) >= 11 is 0. The SMILES string of the molecule is COc1cc2cc(CN(CC3CCCO3)C(=O)Nc3ccc(F)cc3)c(=O)[nH]c2cc1OC. The van der Waals surface area contributed by atoms with Crippen LogP contribution in [0.5, 0.6) is 11.5 Å². The number of nitrogens with one attached hydrogen (secondary N) is 2. The highest BCUT2D eigenvalue weighted by Gasteiger charge is 2.24. The van der Waals surface area contributed by atoms with Gasteiger partial charge < -0.3 is 29.4 Å². The summed E-state index contributed by atoms with van der Waals surface area (Å²) in [5.41, 5.74) is 1.18. The van der Waals surface area contributed by atoms with Gasteiger partial charge in [0.1, 0.15) is 5.82 Å². The number of hydrogen-bond acceptors (Lipinski definition) is 5. The van der Waals surface area contributed by atoms with Crippen LogP contribution in [0.15, 0.2) is 47.3 Å². The lowest BCUT2D eigenvalue weighted by atomic mass is 10.1. The van der Waals surface area contributed by atoms with Crippen molar-refractivity contribution < 1.29 is 23.4 Å². The van der Waals surface area contributed by atoms with Gasteiger partial charge >= 0.3 is 6.03 Å². The maximum Gasteiger partial charge on any atom is 0.322 e. The Kier molecular flexibility index (Phi) is 6.79. The fourth-order valence-corrected chi connectivity index (χ4v) is 3.89. The Morgan fingerprint density at radius 1 is 1.18 bits per heavy atom. The van der Waals surface area contributed by atoms with Crippen molar-refractivity contribution in [2.75, 3.05) is 32.7 Å². The van der Waals surface area contributed by atoms with E-state index in [1.54, 1.807) is 25.3 Å². The van der Waals surface area contributed by atoms with Crippen molar-refractivity contribution in [1.82, 2.24) is 9.88 Å². The number of anilines is 1. The highest BCUT2D eigenvalue weighted by atomic mass is 19.1. The number of rotatable bonds is 7. The highest BCUT2D eigenvalue weighted by Crippen LogP contribution is 2.31. The first-order chi connectivity index (χ1) is 16.0. The largest absolute Gasteiger partial charge is 0.493 e. The molecule has 1 aliphatic rings. The number of carbonyl (C=O) groups is 1. The van der Waals surface area contributed by atoms with E-state index in [0.717, 1.165) is 18.2 Å². The molecule has 2 heterocycles. The number of benzene rings is 2. The van der Waals surface area contributed by atoms with Crippen LogP contribution in [0.3, 0.4) is 0 Å². The van der Waals surface area contributed by atoms with E-state index in [2.05, 4.69) is 10.3 Å². The van der Waals surface area contributed by atoms with Gasteiger partial charge in [-0.15, -0.1) is 0 Å². The number of urea groups is 1. The van der Waals surface area contributed by atoms with Crippen molar-refractivity contribution in [3.8, 4) is 11.5 Å². The molecule has 2 amide bonds. The van der Waals surface area contributed by atoms with Gasteiger partial charge in [0, 0.05) is 35.9 Å². The molecule has 0 radical (unpaired) electrons. The Balaban J connectivity index is 1.62. The van der Waals surface area contributed by atoms with Crippen LogP contribution in [0.2, 0.25) is 0 Å². The second kappa shape index (κ2) is 9.91. The lowest BCUT2D eigenvalue weighted by Gasteiger charge is -2.26. The summed E-state index contributed by atoms with van der Waals surface area (Å²) in [6.07, 6.45) is 1.66. The molecule has 1 saturated heterocycles. The Morgan fingerprint density at radius 2 is 1.91 bits per heavy atom.